The molecule has 0 aromatic heterocycles. The first-order chi connectivity index (χ1) is 8.02. The fourth-order valence-electron chi connectivity index (χ4n) is 1.40. The maximum absolute atomic E-state index is 11.8. The summed E-state index contributed by atoms with van der Waals surface area (Å²) in [6.07, 6.45) is 0. The SMILES string of the molecule is COCC(C)CNC(=O)c1cc(Cl)cc(Br)c1. The van der Waals surface area contributed by atoms with Gasteiger partial charge in [0, 0.05) is 28.7 Å². The molecule has 1 rings (SSSR count). The summed E-state index contributed by atoms with van der Waals surface area (Å²) in [5.74, 6) is 0.155. The van der Waals surface area contributed by atoms with Gasteiger partial charge in [0.2, 0.25) is 0 Å². The molecule has 0 aliphatic heterocycles. The molecule has 1 amide bonds. The van der Waals surface area contributed by atoms with Crippen LogP contribution in [0.5, 0.6) is 0 Å². The third kappa shape index (κ3) is 5.06. The first-order valence-electron chi connectivity index (χ1n) is 5.26. The van der Waals surface area contributed by atoms with E-state index >= 15 is 0 Å². The predicted molar refractivity (Wildman–Crippen MR) is 72.5 cm³/mol. The molecule has 1 aromatic rings. The number of nitrogens with one attached hydrogen (secondary N) is 1. The van der Waals surface area contributed by atoms with Gasteiger partial charge < -0.3 is 10.1 Å². The molecule has 1 unspecified atom stereocenters. The first kappa shape index (κ1) is 14.5. The van der Waals surface area contributed by atoms with Gasteiger partial charge in [-0.25, -0.2) is 0 Å². The van der Waals surface area contributed by atoms with Crippen molar-refractivity contribution in [2.45, 2.75) is 6.92 Å². The number of carbonyl (C=O) groups is 1. The van der Waals surface area contributed by atoms with Crippen LogP contribution in [0.1, 0.15) is 17.3 Å². The lowest BCUT2D eigenvalue weighted by Gasteiger charge is -2.11. The standard InChI is InChI=1S/C12H15BrClNO2/c1-8(7-17-2)6-15-12(16)9-3-10(13)5-11(14)4-9/h3-5,8H,6-7H2,1-2H3,(H,15,16). The quantitative estimate of drug-likeness (QED) is 0.905. The lowest BCUT2D eigenvalue weighted by molar-refractivity contribution is 0.0934. The summed E-state index contributed by atoms with van der Waals surface area (Å²) < 4.78 is 5.79. The van der Waals surface area contributed by atoms with E-state index < -0.39 is 0 Å². The Kier molecular flexibility index (Phi) is 5.95. The lowest BCUT2D eigenvalue weighted by Crippen LogP contribution is -2.29. The minimum Gasteiger partial charge on any atom is -0.384 e. The minimum atomic E-state index is -0.129. The molecule has 94 valence electrons. The minimum absolute atomic E-state index is 0.129. The van der Waals surface area contributed by atoms with Crippen molar-refractivity contribution in [2.75, 3.05) is 20.3 Å². The van der Waals surface area contributed by atoms with Gasteiger partial charge in [-0.1, -0.05) is 34.5 Å². The van der Waals surface area contributed by atoms with Crippen LogP contribution < -0.4 is 5.32 Å². The number of methoxy groups -OCH3 is 1. The summed E-state index contributed by atoms with van der Waals surface area (Å²) in [4.78, 5) is 11.8. The van der Waals surface area contributed by atoms with Crippen molar-refractivity contribution in [2.24, 2.45) is 5.92 Å². The van der Waals surface area contributed by atoms with Crippen molar-refractivity contribution >= 4 is 33.4 Å². The normalized spacial score (nSPS) is 12.2. The topological polar surface area (TPSA) is 38.3 Å². The molecule has 0 bridgehead atoms. The Morgan fingerprint density at radius 3 is 2.82 bits per heavy atom. The van der Waals surface area contributed by atoms with E-state index in [1.54, 1.807) is 25.3 Å². The molecule has 3 nitrogen and oxygen atoms in total. The Morgan fingerprint density at radius 2 is 2.24 bits per heavy atom. The fourth-order valence-corrected chi connectivity index (χ4v) is 2.26. The van der Waals surface area contributed by atoms with Crippen LogP contribution >= 0.6 is 27.5 Å². The highest BCUT2D eigenvalue weighted by Crippen LogP contribution is 2.19. The highest BCUT2D eigenvalue weighted by Gasteiger charge is 2.09. The van der Waals surface area contributed by atoms with Crippen molar-refractivity contribution in [3.63, 3.8) is 0 Å². The van der Waals surface area contributed by atoms with Crippen LogP contribution in [-0.4, -0.2) is 26.2 Å². The molecule has 0 aliphatic carbocycles. The van der Waals surface area contributed by atoms with E-state index in [0.717, 1.165) is 4.47 Å². The molecule has 17 heavy (non-hydrogen) atoms. The molecule has 0 radical (unpaired) electrons. The van der Waals surface area contributed by atoms with Crippen LogP contribution in [0.4, 0.5) is 0 Å². The Morgan fingerprint density at radius 1 is 1.53 bits per heavy atom. The molecule has 0 aliphatic rings. The summed E-state index contributed by atoms with van der Waals surface area (Å²) in [5.41, 5.74) is 0.550. The largest absolute Gasteiger partial charge is 0.384 e. The van der Waals surface area contributed by atoms with Gasteiger partial charge >= 0.3 is 0 Å². The average Bonchev–Trinajstić information content (AvgIpc) is 2.25. The number of benzene rings is 1. The van der Waals surface area contributed by atoms with E-state index in [2.05, 4.69) is 21.2 Å². The maximum Gasteiger partial charge on any atom is 0.251 e. The third-order valence-corrected chi connectivity index (χ3v) is 2.86. The molecule has 1 N–H and O–H groups in total. The van der Waals surface area contributed by atoms with Gasteiger partial charge in [-0.3, -0.25) is 4.79 Å². The highest BCUT2D eigenvalue weighted by molar-refractivity contribution is 9.10. The van der Waals surface area contributed by atoms with E-state index in [0.29, 0.717) is 23.7 Å². The third-order valence-electron chi connectivity index (χ3n) is 2.19. The molecular formula is C12H15BrClNO2. The number of hydrogen-bond acceptors (Lipinski definition) is 2. The Labute approximate surface area is 115 Å². The van der Waals surface area contributed by atoms with Crippen LogP contribution in [0.15, 0.2) is 22.7 Å². The molecule has 5 heteroatoms. The van der Waals surface area contributed by atoms with Crippen molar-refractivity contribution in [1.29, 1.82) is 0 Å². The molecule has 1 atom stereocenters. The highest BCUT2D eigenvalue weighted by atomic mass is 79.9. The Bertz CT molecular complexity index is 378. The summed E-state index contributed by atoms with van der Waals surface area (Å²) >= 11 is 9.18. The lowest BCUT2D eigenvalue weighted by atomic mass is 10.1. The molecular weight excluding hydrogens is 305 g/mol. The van der Waals surface area contributed by atoms with Crippen LogP contribution in [0, 0.1) is 5.92 Å². The van der Waals surface area contributed by atoms with E-state index in [4.69, 9.17) is 16.3 Å². The van der Waals surface area contributed by atoms with E-state index in [1.807, 2.05) is 6.92 Å². The Balaban J connectivity index is 2.58. The number of rotatable bonds is 5. The van der Waals surface area contributed by atoms with Gasteiger partial charge in [-0.05, 0) is 24.1 Å². The summed E-state index contributed by atoms with van der Waals surface area (Å²) in [6.45, 7) is 3.22. The van der Waals surface area contributed by atoms with Crippen LogP contribution in [0.25, 0.3) is 0 Å². The fraction of sp³-hybridized carbons (Fsp3) is 0.417. The van der Waals surface area contributed by atoms with Crippen LogP contribution in [-0.2, 0) is 4.74 Å². The van der Waals surface area contributed by atoms with Gasteiger partial charge in [-0.15, -0.1) is 0 Å². The average molecular weight is 321 g/mol. The zero-order chi connectivity index (χ0) is 12.8. The molecule has 1 aromatic carbocycles. The molecule has 0 saturated heterocycles. The number of hydrogen-bond donors (Lipinski definition) is 1. The van der Waals surface area contributed by atoms with Gasteiger partial charge in [0.25, 0.3) is 5.91 Å². The first-order valence-corrected chi connectivity index (χ1v) is 6.43. The number of amides is 1. The zero-order valence-corrected chi connectivity index (χ0v) is 12.1. The predicted octanol–water partition coefficient (Wildman–Crippen LogP) is 3.11. The van der Waals surface area contributed by atoms with Crippen LogP contribution in [0.3, 0.4) is 0 Å². The summed E-state index contributed by atoms with van der Waals surface area (Å²) in [6, 6.07) is 5.12. The number of carbonyl (C=O) groups excluding carboxylic acids is 1. The van der Waals surface area contributed by atoms with Gasteiger partial charge in [-0.2, -0.15) is 0 Å². The van der Waals surface area contributed by atoms with Crippen molar-refractivity contribution in [1.82, 2.24) is 5.32 Å². The smallest absolute Gasteiger partial charge is 0.251 e. The molecule has 0 fully saturated rings. The molecule has 0 spiro atoms. The zero-order valence-electron chi connectivity index (χ0n) is 9.80. The van der Waals surface area contributed by atoms with Crippen molar-refractivity contribution in [3.05, 3.63) is 33.3 Å². The maximum atomic E-state index is 11.8. The van der Waals surface area contributed by atoms with Crippen molar-refractivity contribution in [3.8, 4) is 0 Å². The van der Waals surface area contributed by atoms with Gasteiger partial charge in [0.1, 0.15) is 0 Å². The second-order valence-corrected chi connectivity index (χ2v) is 5.28. The Hall–Kier alpha value is -0.580. The van der Waals surface area contributed by atoms with E-state index in [9.17, 15) is 4.79 Å². The van der Waals surface area contributed by atoms with Crippen LogP contribution in [0.2, 0.25) is 5.02 Å². The van der Waals surface area contributed by atoms with E-state index in [1.165, 1.54) is 0 Å². The molecule has 0 heterocycles. The van der Waals surface area contributed by atoms with Gasteiger partial charge in [0.15, 0.2) is 0 Å². The second-order valence-electron chi connectivity index (χ2n) is 3.93. The molecule has 0 saturated carbocycles. The summed E-state index contributed by atoms with van der Waals surface area (Å²) in [5, 5.41) is 3.38. The van der Waals surface area contributed by atoms with Crippen molar-refractivity contribution < 1.29 is 9.53 Å². The number of halogens is 2. The van der Waals surface area contributed by atoms with Gasteiger partial charge in [0.05, 0.1) is 6.61 Å². The monoisotopic (exact) mass is 319 g/mol. The number of ether oxygens (including phenoxy) is 1. The second kappa shape index (κ2) is 6.99. The summed E-state index contributed by atoms with van der Waals surface area (Å²) in [7, 11) is 1.65. The van der Waals surface area contributed by atoms with E-state index in [-0.39, 0.29) is 11.8 Å².